The minimum atomic E-state index is -6.65. The molecule has 0 saturated heterocycles. The molecule has 15 heteroatoms. The molecule has 2 atom stereocenters. The van der Waals surface area contributed by atoms with E-state index in [0.29, 0.717) is 24.6 Å². The summed E-state index contributed by atoms with van der Waals surface area (Å²) in [6.45, 7) is 0.986. The smallest absolute Gasteiger partial charge is 0.376 e. The standard InChI is InChI=1S/C18H15F9O5S/c1-2-3-9-30-16(32-17(22,23)24)8-7-11(10-5-4-6-12(19)13(10)20)14(15(16)21)31-33(28,29)18(25,26)27/h4-8,15H,2-3,9H2,1H3. The number of hydrogen-bond acceptors (Lipinski definition) is 5. The fourth-order valence-electron chi connectivity index (χ4n) is 2.67. The predicted molar refractivity (Wildman–Crippen MR) is 94.1 cm³/mol. The van der Waals surface area contributed by atoms with Gasteiger partial charge in [0.1, 0.15) is 0 Å². The zero-order chi connectivity index (χ0) is 25.2. The second kappa shape index (κ2) is 9.54. The van der Waals surface area contributed by atoms with Crippen LogP contribution in [0, 0.1) is 11.6 Å². The summed E-state index contributed by atoms with van der Waals surface area (Å²) in [5, 5.41) is 0. The number of benzene rings is 1. The largest absolute Gasteiger partial charge is 0.534 e. The fraction of sp³-hybridized carbons (Fsp3) is 0.444. The van der Waals surface area contributed by atoms with Crippen molar-refractivity contribution in [1.29, 1.82) is 0 Å². The third kappa shape index (κ3) is 6.00. The Morgan fingerprint density at radius 2 is 1.73 bits per heavy atom. The molecule has 1 aliphatic rings. The van der Waals surface area contributed by atoms with Crippen LogP contribution in [0.3, 0.4) is 0 Å². The first-order valence-electron chi connectivity index (χ1n) is 8.98. The number of hydrogen-bond donors (Lipinski definition) is 0. The quantitative estimate of drug-likeness (QED) is 0.151. The third-order valence-corrected chi connectivity index (χ3v) is 5.12. The minimum Gasteiger partial charge on any atom is -0.376 e. The molecular weight excluding hydrogens is 499 g/mol. The lowest BCUT2D eigenvalue weighted by Crippen LogP contribution is -2.50. The molecule has 0 aromatic heterocycles. The van der Waals surface area contributed by atoms with E-state index >= 15 is 4.39 Å². The van der Waals surface area contributed by atoms with Gasteiger partial charge in [0.2, 0.25) is 12.0 Å². The van der Waals surface area contributed by atoms with Gasteiger partial charge in [-0.1, -0.05) is 25.5 Å². The van der Waals surface area contributed by atoms with Gasteiger partial charge in [-0.25, -0.2) is 13.2 Å². The van der Waals surface area contributed by atoms with Crippen LogP contribution in [0.15, 0.2) is 36.1 Å². The molecular formula is C18H15F9O5S. The summed E-state index contributed by atoms with van der Waals surface area (Å²) < 4.78 is 156. The van der Waals surface area contributed by atoms with Crippen LogP contribution in [0.2, 0.25) is 0 Å². The van der Waals surface area contributed by atoms with Gasteiger partial charge in [0, 0.05) is 11.1 Å². The third-order valence-electron chi connectivity index (χ3n) is 4.16. The van der Waals surface area contributed by atoms with E-state index < -0.39 is 69.1 Å². The molecule has 33 heavy (non-hydrogen) atoms. The van der Waals surface area contributed by atoms with Crippen LogP contribution in [0.5, 0.6) is 0 Å². The zero-order valence-corrected chi connectivity index (χ0v) is 17.3. The van der Waals surface area contributed by atoms with E-state index in [2.05, 4.69) is 8.92 Å². The highest BCUT2D eigenvalue weighted by Crippen LogP contribution is 2.44. The molecule has 2 rings (SSSR count). The minimum absolute atomic E-state index is 0.0513. The molecule has 0 bridgehead atoms. The van der Waals surface area contributed by atoms with Gasteiger partial charge in [0.25, 0.3) is 0 Å². The van der Waals surface area contributed by atoms with Gasteiger partial charge in [0.05, 0.1) is 6.61 Å². The van der Waals surface area contributed by atoms with Crippen molar-refractivity contribution in [3.8, 4) is 0 Å². The van der Waals surface area contributed by atoms with Crippen molar-refractivity contribution < 1.29 is 61.6 Å². The summed E-state index contributed by atoms with van der Waals surface area (Å²) in [5.74, 6) is -8.78. The number of ether oxygens (including phenoxy) is 2. The number of rotatable bonds is 8. The van der Waals surface area contributed by atoms with E-state index in [9.17, 15) is 43.5 Å². The summed E-state index contributed by atoms with van der Waals surface area (Å²) in [6, 6.07) is 2.13. The Balaban J connectivity index is 2.73. The lowest BCUT2D eigenvalue weighted by molar-refractivity contribution is -0.413. The van der Waals surface area contributed by atoms with Crippen molar-refractivity contribution in [2.75, 3.05) is 6.61 Å². The van der Waals surface area contributed by atoms with Gasteiger partial charge < -0.3 is 8.92 Å². The first-order valence-corrected chi connectivity index (χ1v) is 10.4. The molecule has 5 nitrogen and oxygen atoms in total. The van der Waals surface area contributed by atoms with Crippen LogP contribution >= 0.6 is 0 Å². The molecule has 0 saturated carbocycles. The van der Waals surface area contributed by atoms with Gasteiger partial charge >= 0.3 is 22.0 Å². The molecule has 0 radical (unpaired) electrons. The summed E-state index contributed by atoms with van der Waals surface area (Å²) in [6.07, 6.45) is -8.09. The number of allylic oxidation sites excluding steroid dienone is 2. The Bertz CT molecular complexity index is 1030. The SMILES string of the molecule is CCCCOC1(OC(F)(F)F)C=CC(c2cccc(F)c2F)=C(OS(=O)(=O)C(F)(F)F)C1F. The molecule has 0 spiro atoms. The van der Waals surface area contributed by atoms with Crippen LogP contribution in [-0.2, 0) is 23.8 Å². The van der Waals surface area contributed by atoms with Gasteiger partial charge in [-0.3, -0.25) is 4.74 Å². The highest BCUT2D eigenvalue weighted by molar-refractivity contribution is 7.87. The van der Waals surface area contributed by atoms with E-state index in [0.717, 1.165) is 6.07 Å². The molecule has 1 aromatic carbocycles. The zero-order valence-electron chi connectivity index (χ0n) is 16.4. The summed E-state index contributed by atoms with van der Waals surface area (Å²) in [4.78, 5) is 0. The van der Waals surface area contributed by atoms with Crippen molar-refractivity contribution in [2.24, 2.45) is 0 Å². The van der Waals surface area contributed by atoms with E-state index in [1.54, 1.807) is 6.92 Å². The van der Waals surface area contributed by atoms with Crippen LogP contribution < -0.4 is 0 Å². The van der Waals surface area contributed by atoms with Crippen LogP contribution in [-0.4, -0.2) is 38.9 Å². The molecule has 1 aliphatic carbocycles. The molecule has 0 amide bonds. The van der Waals surface area contributed by atoms with Gasteiger partial charge in [0.15, 0.2) is 17.4 Å². The van der Waals surface area contributed by atoms with Crippen molar-refractivity contribution in [3.05, 3.63) is 53.3 Å². The van der Waals surface area contributed by atoms with Gasteiger partial charge in [-0.05, 0) is 24.6 Å². The lowest BCUT2D eigenvalue weighted by atomic mass is 9.92. The highest BCUT2D eigenvalue weighted by Gasteiger charge is 2.56. The number of halogens is 9. The van der Waals surface area contributed by atoms with Crippen molar-refractivity contribution in [1.82, 2.24) is 0 Å². The molecule has 0 fully saturated rings. The first kappa shape index (κ1) is 27.0. The molecule has 0 heterocycles. The van der Waals surface area contributed by atoms with Crippen molar-refractivity contribution >= 4 is 15.7 Å². The Labute approximate surface area is 181 Å². The average molecular weight is 514 g/mol. The van der Waals surface area contributed by atoms with Crippen LogP contribution in [0.1, 0.15) is 25.3 Å². The molecule has 2 unspecified atom stereocenters. The van der Waals surface area contributed by atoms with Gasteiger partial charge in [-0.2, -0.15) is 21.6 Å². The summed E-state index contributed by atoms with van der Waals surface area (Å²) in [5.41, 5.74) is -8.24. The van der Waals surface area contributed by atoms with Crippen LogP contribution in [0.4, 0.5) is 39.5 Å². The van der Waals surface area contributed by atoms with Crippen molar-refractivity contribution in [2.45, 2.75) is 43.6 Å². The van der Waals surface area contributed by atoms with E-state index in [4.69, 9.17) is 4.74 Å². The van der Waals surface area contributed by atoms with E-state index in [1.165, 1.54) is 0 Å². The van der Waals surface area contributed by atoms with Crippen LogP contribution in [0.25, 0.3) is 5.57 Å². The maximum absolute atomic E-state index is 15.4. The summed E-state index contributed by atoms with van der Waals surface area (Å²) >= 11 is 0. The second-order valence-corrected chi connectivity index (χ2v) is 8.07. The average Bonchev–Trinajstić information content (AvgIpc) is 2.66. The Hall–Kier alpha value is -2.26. The van der Waals surface area contributed by atoms with E-state index in [1.807, 2.05) is 0 Å². The number of unbranched alkanes of at least 4 members (excludes halogenated alkanes) is 1. The second-order valence-electron chi connectivity index (χ2n) is 6.53. The fourth-order valence-corrected chi connectivity index (χ4v) is 3.17. The predicted octanol–water partition coefficient (Wildman–Crippen LogP) is 5.50. The Kier molecular flexibility index (Phi) is 7.80. The Morgan fingerprint density at radius 1 is 1.09 bits per heavy atom. The monoisotopic (exact) mass is 514 g/mol. The first-order chi connectivity index (χ1) is 15.0. The Morgan fingerprint density at radius 3 is 2.27 bits per heavy atom. The lowest BCUT2D eigenvalue weighted by Gasteiger charge is -2.37. The summed E-state index contributed by atoms with van der Waals surface area (Å²) in [7, 11) is -6.65. The number of alkyl halides is 7. The molecule has 1 aromatic rings. The normalized spacial score (nSPS) is 22.1. The highest BCUT2D eigenvalue weighted by atomic mass is 32.2. The maximum Gasteiger partial charge on any atom is 0.534 e. The molecule has 0 aliphatic heterocycles. The van der Waals surface area contributed by atoms with Crippen molar-refractivity contribution in [3.63, 3.8) is 0 Å². The topological polar surface area (TPSA) is 61.8 Å². The molecule has 0 N–H and O–H groups in total. The maximum atomic E-state index is 15.4. The van der Waals surface area contributed by atoms with E-state index in [-0.39, 0.29) is 12.5 Å². The molecule has 186 valence electrons. The van der Waals surface area contributed by atoms with Gasteiger partial charge in [-0.15, -0.1) is 13.2 Å².